The summed E-state index contributed by atoms with van der Waals surface area (Å²) in [6.45, 7) is 21.3. The van der Waals surface area contributed by atoms with Gasteiger partial charge in [-0.05, 0) is 82.0 Å². The molecule has 0 spiro atoms. The quantitative estimate of drug-likeness (QED) is 0.120. The first-order valence-corrected chi connectivity index (χ1v) is 19.6. The Morgan fingerprint density at radius 1 is 0.830 bits per heavy atom. The zero-order chi connectivity index (χ0) is 40.1. The minimum absolute atomic E-state index is 0.0262. The topological polar surface area (TPSA) is 160 Å². The van der Waals surface area contributed by atoms with Gasteiger partial charge in [0.25, 0.3) is 0 Å². The summed E-state index contributed by atoms with van der Waals surface area (Å²) in [6.07, 6.45) is 2.72. The predicted molar refractivity (Wildman–Crippen MR) is 196 cm³/mol. The van der Waals surface area contributed by atoms with E-state index in [1.165, 1.54) is 20.8 Å². The van der Waals surface area contributed by atoms with Crippen molar-refractivity contribution >= 4 is 35.4 Å². The number of hydrogen-bond donors (Lipinski definition) is 1. The van der Waals surface area contributed by atoms with Gasteiger partial charge in [0.15, 0.2) is 5.78 Å². The Bertz CT molecular complexity index is 1520. The number of ketones is 2. The van der Waals surface area contributed by atoms with E-state index in [1.54, 1.807) is 13.8 Å². The van der Waals surface area contributed by atoms with E-state index in [4.69, 9.17) is 18.9 Å². The number of carbonyl (C=O) groups is 6. The number of fused-ring (bicyclic) bond motifs is 5. The van der Waals surface area contributed by atoms with Gasteiger partial charge >= 0.3 is 23.9 Å². The van der Waals surface area contributed by atoms with Crippen LogP contribution in [-0.2, 0) is 47.7 Å². The van der Waals surface area contributed by atoms with Gasteiger partial charge in [-0.1, -0.05) is 60.1 Å². The van der Waals surface area contributed by atoms with Gasteiger partial charge in [0.1, 0.15) is 35.3 Å². The Hall–Kier alpha value is -3.08. The molecular formula is C42H64O11. The van der Waals surface area contributed by atoms with Crippen molar-refractivity contribution in [3.63, 3.8) is 0 Å². The summed E-state index contributed by atoms with van der Waals surface area (Å²) >= 11 is 0. The van der Waals surface area contributed by atoms with Crippen LogP contribution in [0.1, 0.15) is 147 Å². The van der Waals surface area contributed by atoms with E-state index in [1.807, 2.05) is 41.5 Å². The van der Waals surface area contributed by atoms with E-state index in [9.17, 15) is 29.1 Å². The van der Waals surface area contributed by atoms with Crippen LogP contribution in [0.3, 0.4) is 0 Å². The summed E-state index contributed by atoms with van der Waals surface area (Å²) in [5.74, 6) is -3.79. The van der Waals surface area contributed by atoms with Gasteiger partial charge in [-0.3, -0.25) is 28.8 Å². The van der Waals surface area contributed by atoms with Gasteiger partial charge in [0, 0.05) is 56.3 Å². The number of hydrogen-bond acceptors (Lipinski definition) is 11. The van der Waals surface area contributed by atoms with Crippen LogP contribution in [0.25, 0.3) is 0 Å². The van der Waals surface area contributed by atoms with Crippen molar-refractivity contribution in [2.45, 2.75) is 177 Å². The molecule has 11 heteroatoms. The Kier molecular flexibility index (Phi) is 12.0. The van der Waals surface area contributed by atoms with Crippen LogP contribution in [0.4, 0.5) is 0 Å². The second kappa shape index (κ2) is 14.9. The molecule has 0 unspecified atom stereocenters. The highest BCUT2D eigenvalue weighted by Gasteiger charge is 2.75. The van der Waals surface area contributed by atoms with Crippen LogP contribution in [0.2, 0.25) is 0 Å². The highest BCUT2D eigenvalue weighted by Crippen LogP contribution is 2.74. The first-order chi connectivity index (χ1) is 24.3. The van der Waals surface area contributed by atoms with Crippen molar-refractivity contribution in [3.05, 3.63) is 11.6 Å². The Morgan fingerprint density at radius 3 is 1.96 bits per heavy atom. The van der Waals surface area contributed by atoms with Crippen LogP contribution >= 0.6 is 0 Å². The molecule has 0 amide bonds. The van der Waals surface area contributed by atoms with Crippen molar-refractivity contribution in [2.75, 3.05) is 0 Å². The fraction of sp³-hybridized carbons (Fsp3) is 0.810. The molecule has 0 aromatic heterocycles. The Labute approximate surface area is 315 Å². The van der Waals surface area contributed by atoms with E-state index >= 15 is 4.79 Å². The molecule has 0 heterocycles. The number of rotatable bonds is 13. The van der Waals surface area contributed by atoms with Crippen LogP contribution in [0, 0.1) is 39.4 Å². The maximum Gasteiger partial charge on any atom is 0.306 e. The highest BCUT2D eigenvalue weighted by molar-refractivity contribution is 5.90. The SMILES string of the molecule is CCCC(=O)O[C@H]1C[C@@H]2C(=CC[C@@H]3[C@@]2(C)C(=O)C[C@]2(C)[C@@H]([C@@](C)(O)C(=O)CCC(C)(C)OC(C)=O)[C@H](OC(C)=O)C[C@@]32C)C(C)(C)[C@@H]1OC(=O)CCC. The Morgan fingerprint density at radius 2 is 1.42 bits per heavy atom. The van der Waals surface area contributed by atoms with E-state index < -0.39 is 74.8 Å². The molecule has 0 aromatic rings. The number of allylic oxidation sites excluding steroid dienone is 1. The average molecular weight is 745 g/mol. The van der Waals surface area contributed by atoms with Gasteiger partial charge < -0.3 is 24.1 Å². The summed E-state index contributed by atoms with van der Waals surface area (Å²) in [5.41, 5.74) is -5.27. The number of ether oxygens (including phenoxy) is 4. The minimum atomic E-state index is -1.98. The third kappa shape index (κ3) is 7.49. The number of Topliss-reactive ketones (excluding diaryl/α,β-unsaturated/α-hetero) is 2. The fourth-order valence-corrected chi connectivity index (χ4v) is 11.2. The predicted octanol–water partition coefficient (Wildman–Crippen LogP) is 6.79. The third-order valence-corrected chi connectivity index (χ3v) is 13.9. The standard InChI is InChI=1S/C42H64O11/c1-13-15-33(47)51-28-21-27-26(38(7,8)36(28)52-34(48)16-14-2)17-18-30-39(9)22-29(50-24(3)43)35(40(39,10)23-32(46)41(27,30)11)42(12,49)31(45)19-20-37(5,6)53-25(4)44/h17,27-30,35-36,49H,13-16,18-23H2,1-12H3/t27-,28+,29-,30+,35+,36-,39+,40-,41+,42+/m1/s1. The molecule has 10 atom stereocenters. The maximum atomic E-state index is 15.1. The molecule has 11 nitrogen and oxygen atoms in total. The second-order valence-corrected chi connectivity index (χ2v) is 18.4. The summed E-state index contributed by atoms with van der Waals surface area (Å²) < 4.78 is 23.6. The van der Waals surface area contributed by atoms with Gasteiger partial charge in [0.2, 0.25) is 0 Å². The number of esters is 4. The molecule has 298 valence electrons. The lowest BCUT2D eigenvalue weighted by atomic mass is 9.38. The molecule has 53 heavy (non-hydrogen) atoms. The van der Waals surface area contributed by atoms with Gasteiger partial charge in [0.05, 0.1) is 0 Å². The van der Waals surface area contributed by atoms with Crippen molar-refractivity contribution in [1.82, 2.24) is 0 Å². The van der Waals surface area contributed by atoms with Gasteiger partial charge in [-0.2, -0.15) is 0 Å². The van der Waals surface area contributed by atoms with Crippen LogP contribution in [0.5, 0.6) is 0 Å². The normalized spacial score (nSPS) is 35.7. The van der Waals surface area contributed by atoms with E-state index in [2.05, 4.69) is 13.0 Å². The molecule has 0 bridgehead atoms. The van der Waals surface area contributed by atoms with Crippen molar-refractivity contribution in [3.8, 4) is 0 Å². The molecule has 4 rings (SSSR count). The average Bonchev–Trinajstić information content (AvgIpc) is 3.23. The molecule has 0 aromatic carbocycles. The molecule has 0 aliphatic heterocycles. The smallest absolute Gasteiger partial charge is 0.306 e. The third-order valence-electron chi connectivity index (χ3n) is 13.9. The minimum Gasteiger partial charge on any atom is -0.462 e. The first kappa shape index (κ1) is 42.7. The lowest BCUT2D eigenvalue weighted by Crippen LogP contribution is -2.66. The van der Waals surface area contributed by atoms with Crippen LogP contribution in [0.15, 0.2) is 11.6 Å². The van der Waals surface area contributed by atoms with Gasteiger partial charge in [-0.15, -0.1) is 0 Å². The monoisotopic (exact) mass is 744 g/mol. The molecule has 4 aliphatic carbocycles. The first-order valence-electron chi connectivity index (χ1n) is 19.6. The van der Waals surface area contributed by atoms with E-state index in [-0.39, 0.29) is 61.7 Å². The fourth-order valence-electron chi connectivity index (χ4n) is 11.2. The van der Waals surface area contributed by atoms with Crippen LogP contribution in [-0.4, -0.2) is 70.1 Å². The second-order valence-electron chi connectivity index (χ2n) is 18.4. The molecule has 3 fully saturated rings. The molecule has 0 saturated heterocycles. The van der Waals surface area contributed by atoms with E-state index in [0.29, 0.717) is 32.1 Å². The summed E-state index contributed by atoms with van der Waals surface area (Å²) in [5, 5.41) is 12.3. The largest absolute Gasteiger partial charge is 0.462 e. The van der Waals surface area contributed by atoms with Crippen molar-refractivity contribution < 1.29 is 52.8 Å². The van der Waals surface area contributed by atoms with E-state index in [0.717, 1.165) is 5.57 Å². The number of carbonyl (C=O) groups excluding carboxylic acids is 6. The molecule has 3 saturated carbocycles. The summed E-state index contributed by atoms with van der Waals surface area (Å²) in [7, 11) is 0. The maximum absolute atomic E-state index is 15.1. The summed E-state index contributed by atoms with van der Waals surface area (Å²) in [4.78, 5) is 79.3. The molecular weight excluding hydrogens is 680 g/mol. The zero-order valence-corrected chi connectivity index (χ0v) is 34.1. The van der Waals surface area contributed by atoms with Gasteiger partial charge in [-0.25, -0.2) is 0 Å². The molecule has 1 N–H and O–H groups in total. The lowest BCUT2D eigenvalue weighted by molar-refractivity contribution is -0.198. The highest BCUT2D eigenvalue weighted by atomic mass is 16.6. The molecule has 4 aliphatic rings. The molecule has 0 radical (unpaired) electrons. The van der Waals surface area contributed by atoms with Crippen molar-refractivity contribution in [1.29, 1.82) is 0 Å². The summed E-state index contributed by atoms with van der Waals surface area (Å²) in [6, 6.07) is 0. The lowest BCUT2D eigenvalue weighted by Gasteiger charge is -2.65. The Balaban J connectivity index is 1.79. The van der Waals surface area contributed by atoms with Crippen LogP contribution < -0.4 is 0 Å². The van der Waals surface area contributed by atoms with Crippen molar-refractivity contribution in [2.24, 2.45) is 39.4 Å². The number of aliphatic hydroxyl groups is 1. The zero-order valence-electron chi connectivity index (χ0n) is 34.1.